The lowest BCUT2D eigenvalue weighted by molar-refractivity contribution is -0.0102. The van der Waals surface area contributed by atoms with Crippen molar-refractivity contribution in [3.63, 3.8) is 0 Å². The van der Waals surface area contributed by atoms with Crippen LogP contribution in [0.1, 0.15) is 40.1 Å². The SMILES string of the molecule is NC(=O)c1coc(NC(=O)c2cc3ccc(F)cc3nc2N2CCCC(F)(F)CC2)n1. The normalized spacial score (nSPS) is 16.2. The van der Waals surface area contributed by atoms with Crippen molar-refractivity contribution in [1.82, 2.24) is 9.97 Å². The number of primary amides is 1. The molecular weight excluding hydrogens is 415 g/mol. The summed E-state index contributed by atoms with van der Waals surface area (Å²) >= 11 is 0. The van der Waals surface area contributed by atoms with E-state index in [2.05, 4.69) is 15.3 Å². The first-order valence-corrected chi connectivity index (χ1v) is 9.52. The molecule has 1 saturated heterocycles. The van der Waals surface area contributed by atoms with Crippen LogP contribution in [0, 0.1) is 5.82 Å². The molecule has 11 heteroatoms. The molecule has 3 N–H and O–H groups in total. The van der Waals surface area contributed by atoms with Gasteiger partial charge in [0.05, 0.1) is 11.1 Å². The summed E-state index contributed by atoms with van der Waals surface area (Å²) in [5.41, 5.74) is 5.31. The average Bonchev–Trinajstić information content (AvgIpc) is 3.10. The number of rotatable bonds is 4. The summed E-state index contributed by atoms with van der Waals surface area (Å²) in [4.78, 5) is 33.9. The van der Waals surface area contributed by atoms with E-state index in [9.17, 15) is 22.8 Å². The summed E-state index contributed by atoms with van der Waals surface area (Å²) in [5, 5.41) is 2.89. The minimum atomic E-state index is -2.80. The molecule has 1 aliphatic heterocycles. The Kier molecular flexibility index (Phi) is 5.25. The number of halogens is 3. The zero-order valence-corrected chi connectivity index (χ0v) is 16.2. The molecule has 2 amide bonds. The van der Waals surface area contributed by atoms with Gasteiger partial charge in [0, 0.05) is 37.4 Å². The standard InChI is InChI=1S/C20H18F3N5O3/c21-12-3-2-11-8-13(18(30)27-19-26-15(10-31-19)16(24)29)17(25-14(11)9-12)28-6-1-4-20(22,23)5-7-28/h2-3,8-10H,1,4-7H2,(H2,24,29)(H,26,27,30). The van der Waals surface area contributed by atoms with Gasteiger partial charge >= 0.3 is 6.01 Å². The third kappa shape index (κ3) is 4.44. The zero-order chi connectivity index (χ0) is 22.2. The van der Waals surface area contributed by atoms with Gasteiger partial charge in [-0.25, -0.2) is 18.2 Å². The molecule has 1 fully saturated rings. The predicted octanol–water partition coefficient (Wildman–Crippen LogP) is 3.34. The molecule has 0 spiro atoms. The van der Waals surface area contributed by atoms with Gasteiger partial charge in [0.1, 0.15) is 17.9 Å². The maximum absolute atomic E-state index is 13.8. The van der Waals surface area contributed by atoms with Crippen LogP contribution >= 0.6 is 0 Å². The van der Waals surface area contributed by atoms with E-state index in [1.54, 1.807) is 4.90 Å². The first-order chi connectivity index (χ1) is 14.7. The Balaban J connectivity index is 1.72. The highest BCUT2D eigenvalue weighted by atomic mass is 19.3. The molecular formula is C20H18F3N5O3. The van der Waals surface area contributed by atoms with E-state index in [0.29, 0.717) is 5.39 Å². The summed E-state index contributed by atoms with van der Waals surface area (Å²) in [7, 11) is 0. The van der Waals surface area contributed by atoms with E-state index in [1.165, 1.54) is 24.3 Å². The number of fused-ring (bicyclic) bond motifs is 1. The molecule has 2 aromatic heterocycles. The Labute approximate surface area is 174 Å². The van der Waals surface area contributed by atoms with Crippen LogP contribution < -0.4 is 16.0 Å². The molecule has 0 atom stereocenters. The maximum atomic E-state index is 13.8. The minimum Gasteiger partial charge on any atom is -0.431 e. The van der Waals surface area contributed by atoms with Crippen LogP contribution in [0.25, 0.3) is 10.9 Å². The quantitative estimate of drug-likeness (QED) is 0.652. The van der Waals surface area contributed by atoms with Crippen LogP contribution in [0.3, 0.4) is 0 Å². The molecule has 0 unspecified atom stereocenters. The first-order valence-electron chi connectivity index (χ1n) is 9.52. The third-order valence-corrected chi connectivity index (χ3v) is 5.00. The number of aromatic nitrogens is 2. The fourth-order valence-electron chi connectivity index (χ4n) is 3.42. The number of alkyl halides is 2. The molecule has 31 heavy (non-hydrogen) atoms. The highest BCUT2D eigenvalue weighted by molar-refractivity contribution is 6.09. The van der Waals surface area contributed by atoms with Gasteiger partial charge in [0.15, 0.2) is 5.69 Å². The van der Waals surface area contributed by atoms with Crippen molar-refractivity contribution in [3.05, 3.63) is 47.6 Å². The van der Waals surface area contributed by atoms with Crippen molar-refractivity contribution in [2.75, 3.05) is 23.3 Å². The second kappa shape index (κ2) is 7.89. The lowest BCUT2D eigenvalue weighted by Gasteiger charge is -2.24. The molecule has 8 nitrogen and oxygen atoms in total. The molecule has 4 rings (SSSR count). The summed E-state index contributed by atoms with van der Waals surface area (Å²) in [6, 6.07) is 5.13. The number of hydrogen-bond acceptors (Lipinski definition) is 6. The topological polar surface area (TPSA) is 114 Å². The van der Waals surface area contributed by atoms with Crippen LogP contribution in [-0.4, -0.2) is 40.8 Å². The number of hydrogen-bond donors (Lipinski definition) is 2. The molecule has 3 aromatic rings. The smallest absolute Gasteiger partial charge is 0.302 e. The number of benzene rings is 1. The molecule has 0 saturated carbocycles. The number of nitrogens with zero attached hydrogens (tertiary/aromatic N) is 3. The summed E-state index contributed by atoms with van der Waals surface area (Å²) in [5.74, 6) is -4.67. The number of nitrogens with one attached hydrogen (secondary N) is 1. The number of anilines is 2. The molecule has 0 bridgehead atoms. The number of pyridine rings is 1. The van der Waals surface area contributed by atoms with Crippen molar-refractivity contribution < 1.29 is 27.2 Å². The van der Waals surface area contributed by atoms with E-state index in [0.717, 1.165) is 6.26 Å². The predicted molar refractivity (Wildman–Crippen MR) is 106 cm³/mol. The average molecular weight is 433 g/mol. The fourth-order valence-corrected chi connectivity index (χ4v) is 3.42. The van der Waals surface area contributed by atoms with Crippen LogP contribution in [0.4, 0.5) is 25.0 Å². The van der Waals surface area contributed by atoms with Crippen molar-refractivity contribution in [2.45, 2.75) is 25.2 Å². The first kappa shape index (κ1) is 20.6. The Morgan fingerprint density at radius 2 is 1.97 bits per heavy atom. The van der Waals surface area contributed by atoms with E-state index in [4.69, 9.17) is 10.2 Å². The van der Waals surface area contributed by atoms with Gasteiger partial charge in [-0.2, -0.15) is 4.98 Å². The van der Waals surface area contributed by atoms with Gasteiger partial charge in [-0.05, 0) is 24.6 Å². The molecule has 1 aliphatic rings. The minimum absolute atomic E-state index is 0.0219. The lowest BCUT2D eigenvalue weighted by Crippen LogP contribution is -2.29. The van der Waals surface area contributed by atoms with Gasteiger partial charge in [0.2, 0.25) is 5.92 Å². The van der Waals surface area contributed by atoms with Crippen LogP contribution in [0.2, 0.25) is 0 Å². The van der Waals surface area contributed by atoms with Gasteiger partial charge in [0.25, 0.3) is 11.8 Å². The summed E-state index contributed by atoms with van der Waals surface area (Å²) < 4.78 is 46.4. The van der Waals surface area contributed by atoms with Crippen molar-refractivity contribution in [3.8, 4) is 0 Å². The van der Waals surface area contributed by atoms with E-state index >= 15 is 0 Å². The van der Waals surface area contributed by atoms with E-state index in [1.807, 2.05) is 0 Å². The highest BCUT2D eigenvalue weighted by Gasteiger charge is 2.33. The Morgan fingerprint density at radius 3 is 2.71 bits per heavy atom. The molecule has 1 aromatic carbocycles. The molecule has 0 radical (unpaired) electrons. The van der Waals surface area contributed by atoms with Crippen molar-refractivity contribution in [1.29, 1.82) is 0 Å². The number of amides is 2. The fraction of sp³-hybridized carbons (Fsp3) is 0.300. The van der Waals surface area contributed by atoms with E-state index in [-0.39, 0.29) is 54.5 Å². The van der Waals surface area contributed by atoms with E-state index < -0.39 is 30.0 Å². The summed E-state index contributed by atoms with van der Waals surface area (Å²) in [6.45, 7) is 0.237. The molecule has 162 valence electrons. The second-order valence-electron chi connectivity index (χ2n) is 7.25. The Morgan fingerprint density at radius 1 is 1.16 bits per heavy atom. The number of carbonyl (C=O) groups is 2. The maximum Gasteiger partial charge on any atom is 0.302 e. The van der Waals surface area contributed by atoms with Gasteiger partial charge in [-0.15, -0.1) is 0 Å². The largest absolute Gasteiger partial charge is 0.431 e. The number of carbonyl (C=O) groups excluding carboxylic acids is 2. The molecule has 3 heterocycles. The van der Waals surface area contributed by atoms with Gasteiger partial charge < -0.3 is 15.1 Å². The number of nitrogens with two attached hydrogens (primary N) is 1. The molecule has 0 aliphatic carbocycles. The second-order valence-corrected chi connectivity index (χ2v) is 7.25. The van der Waals surface area contributed by atoms with Crippen molar-refractivity contribution >= 4 is 34.5 Å². The zero-order valence-electron chi connectivity index (χ0n) is 16.2. The Bertz CT molecular complexity index is 1160. The van der Waals surface area contributed by atoms with Crippen LogP contribution in [0.5, 0.6) is 0 Å². The van der Waals surface area contributed by atoms with Crippen LogP contribution in [-0.2, 0) is 0 Å². The lowest BCUT2D eigenvalue weighted by atomic mass is 10.1. The number of oxazole rings is 1. The van der Waals surface area contributed by atoms with Gasteiger partial charge in [-0.1, -0.05) is 0 Å². The third-order valence-electron chi connectivity index (χ3n) is 5.00. The van der Waals surface area contributed by atoms with Crippen molar-refractivity contribution in [2.24, 2.45) is 5.73 Å². The highest BCUT2D eigenvalue weighted by Crippen LogP contribution is 2.32. The Hall–Kier alpha value is -3.63. The van der Waals surface area contributed by atoms with Gasteiger partial charge in [-0.3, -0.25) is 14.9 Å². The van der Waals surface area contributed by atoms with Crippen LogP contribution in [0.15, 0.2) is 34.9 Å². The monoisotopic (exact) mass is 433 g/mol. The summed E-state index contributed by atoms with van der Waals surface area (Å²) in [6.07, 6.45) is 0.549.